The molecular weight excluding hydrogens is 166 g/mol. The minimum atomic E-state index is 0.463. The quantitative estimate of drug-likeness (QED) is 0.582. The fourth-order valence-electron chi connectivity index (χ4n) is 0.654. The molecule has 0 saturated carbocycles. The molecule has 0 saturated heterocycles. The van der Waals surface area contributed by atoms with E-state index in [2.05, 4.69) is 9.97 Å². The number of thiocarbonyl (C=S) groups is 1. The number of aromatic amines is 2. The van der Waals surface area contributed by atoms with Gasteiger partial charge in [0.1, 0.15) is 0 Å². The Kier molecular flexibility index (Phi) is 2.18. The molecule has 0 aliphatic heterocycles. The molecule has 3 nitrogen and oxygen atoms in total. The first-order chi connectivity index (χ1) is 4.68. The summed E-state index contributed by atoms with van der Waals surface area (Å²) in [6.07, 6.45) is 2.34. The molecule has 1 heterocycles. The molecule has 10 heavy (non-hydrogen) atoms. The van der Waals surface area contributed by atoms with Gasteiger partial charge in [-0.1, -0.05) is 12.2 Å². The van der Waals surface area contributed by atoms with Gasteiger partial charge in [-0.2, -0.15) is 0 Å². The number of H-pyrrole nitrogens is 2. The van der Waals surface area contributed by atoms with Gasteiger partial charge >= 0.3 is 0 Å². The van der Waals surface area contributed by atoms with Crippen molar-refractivity contribution in [1.82, 2.24) is 9.97 Å². The molecule has 1 rings (SSSR count). The Bertz CT molecular complexity index is 285. The Morgan fingerprint density at radius 2 is 2.40 bits per heavy atom. The summed E-state index contributed by atoms with van der Waals surface area (Å²) >= 11 is 9.49. The monoisotopic (exact) mass is 173 g/mol. The number of rotatable bonds is 2. The molecule has 1 aromatic rings. The molecule has 54 valence electrons. The molecule has 0 amide bonds. The molecule has 1 aromatic heterocycles. The van der Waals surface area contributed by atoms with Crippen molar-refractivity contribution in [2.75, 3.05) is 0 Å². The molecule has 0 unspecified atom stereocenters. The van der Waals surface area contributed by atoms with Crippen LogP contribution in [0.3, 0.4) is 0 Å². The highest BCUT2D eigenvalue weighted by molar-refractivity contribution is 7.80. The van der Waals surface area contributed by atoms with Crippen molar-refractivity contribution in [3.8, 4) is 0 Å². The van der Waals surface area contributed by atoms with E-state index >= 15 is 0 Å². The van der Waals surface area contributed by atoms with E-state index in [0.29, 0.717) is 16.2 Å². The summed E-state index contributed by atoms with van der Waals surface area (Å²) in [5.41, 5.74) is 6.23. The van der Waals surface area contributed by atoms with Crippen LogP contribution >= 0.6 is 24.4 Å². The van der Waals surface area contributed by atoms with Crippen LogP contribution in [0.4, 0.5) is 0 Å². The summed E-state index contributed by atoms with van der Waals surface area (Å²) < 4.78 is 0.603. The lowest BCUT2D eigenvalue weighted by molar-refractivity contribution is 1.17. The van der Waals surface area contributed by atoms with Gasteiger partial charge in [0.15, 0.2) is 4.77 Å². The van der Waals surface area contributed by atoms with Crippen LogP contribution in [0.5, 0.6) is 0 Å². The van der Waals surface area contributed by atoms with E-state index < -0.39 is 0 Å². The summed E-state index contributed by atoms with van der Waals surface area (Å²) in [6.45, 7) is 0. The summed E-state index contributed by atoms with van der Waals surface area (Å²) in [5.74, 6) is 0. The average Bonchev–Trinajstić information content (AvgIpc) is 2.13. The second-order valence-electron chi connectivity index (χ2n) is 1.91. The normalized spacial score (nSPS) is 9.60. The largest absolute Gasteiger partial charge is 0.393 e. The standard InChI is InChI=1S/C5H7N3S2/c6-4(9)1-3-2-7-5(10)8-3/h2H,1H2,(H2,6,9)(H2,7,8,10). The fraction of sp³-hybridized carbons (Fsp3) is 0.200. The van der Waals surface area contributed by atoms with Crippen molar-refractivity contribution in [3.63, 3.8) is 0 Å². The maximum atomic E-state index is 5.30. The van der Waals surface area contributed by atoms with Gasteiger partial charge in [0, 0.05) is 18.3 Å². The number of nitrogens with two attached hydrogens (primary N) is 1. The Morgan fingerprint density at radius 3 is 2.80 bits per heavy atom. The van der Waals surface area contributed by atoms with Crippen molar-refractivity contribution >= 4 is 29.4 Å². The van der Waals surface area contributed by atoms with Crippen LogP contribution in [0.1, 0.15) is 5.69 Å². The molecule has 4 N–H and O–H groups in total. The van der Waals surface area contributed by atoms with Crippen molar-refractivity contribution in [2.45, 2.75) is 6.42 Å². The van der Waals surface area contributed by atoms with Gasteiger partial charge in [-0.05, 0) is 12.2 Å². The van der Waals surface area contributed by atoms with Crippen LogP contribution in [-0.2, 0) is 6.42 Å². The van der Waals surface area contributed by atoms with Gasteiger partial charge < -0.3 is 15.7 Å². The highest BCUT2D eigenvalue weighted by Gasteiger charge is 1.94. The fourth-order valence-corrected chi connectivity index (χ4v) is 0.999. The highest BCUT2D eigenvalue weighted by Crippen LogP contribution is 1.93. The Labute approximate surface area is 68.6 Å². The zero-order chi connectivity index (χ0) is 7.56. The maximum Gasteiger partial charge on any atom is 0.174 e. The topological polar surface area (TPSA) is 57.6 Å². The zero-order valence-corrected chi connectivity index (χ0v) is 6.81. The molecule has 0 bridgehead atoms. The second kappa shape index (κ2) is 2.94. The second-order valence-corrected chi connectivity index (χ2v) is 2.84. The van der Waals surface area contributed by atoms with Gasteiger partial charge in [-0.3, -0.25) is 0 Å². The molecule has 0 spiro atoms. The van der Waals surface area contributed by atoms with Gasteiger partial charge in [-0.25, -0.2) is 0 Å². The van der Waals surface area contributed by atoms with Crippen LogP contribution in [0.2, 0.25) is 0 Å². The number of hydrogen-bond acceptors (Lipinski definition) is 2. The van der Waals surface area contributed by atoms with Crippen LogP contribution in [0.15, 0.2) is 6.20 Å². The lowest BCUT2D eigenvalue weighted by atomic mass is 10.3. The van der Waals surface area contributed by atoms with E-state index in [-0.39, 0.29) is 0 Å². The van der Waals surface area contributed by atoms with E-state index in [1.807, 2.05) is 0 Å². The predicted molar refractivity (Wildman–Crippen MR) is 46.5 cm³/mol. The van der Waals surface area contributed by atoms with Crippen molar-refractivity contribution in [2.24, 2.45) is 5.73 Å². The molecule has 0 aromatic carbocycles. The van der Waals surface area contributed by atoms with Crippen molar-refractivity contribution < 1.29 is 0 Å². The molecule has 5 heteroatoms. The molecule has 0 aliphatic carbocycles. The number of nitrogens with one attached hydrogen (secondary N) is 2. The van der Waals surface area contributed by atoms with Crippen LogP contribution in [0.25, 0.3) is 0 Å². The molecule has 0 atom stereocenters. The van der Waals surface area contributed by atoms with Crippen LogP contribution < -0.4 is 5.73 Å². The van der Waals surface area contributed by atoms with E-state index in [9.17, 15) is 0 Å². The minimum absolute atomic E-state index is 0.463. The third kappa shape index (κ3) is 1.93. The van der Waals surface area contributed by atoms with E-state index in [4.69, 9.17) is 30.2 Å². The predicted octanol–water partition coefficient (Wildman–Crippen LogP) is 0.901. The van der Waals surface area contributed by atoms with Gasteiger partial charge in [-0.15, -0.1) is 0 Å². The first kappa shape index (κ1) is 7.43. The summed E-state index contributed by atoms with van der Waals surface area (Å²) in [6, 6.07) is 0. The molecule has 0 fully saturated rings. The Hall–Kier alpha value is -0.680. The summed E-state index contributed by atoms with van der Waals surface area (Å²) in [4.78, 5) is 6.18. The Morgan fingerprint density at radius 1 is 1.70 bits per heavy atom. The van der Waals surface area contributed by atoms with E-state index in [1.165, 1.54) is 0 Å². The first-order valence-corrected chi connectivity index (χ1v) is 3.55. The molecular formula is C5H7N3S2. The smallest absolute Gasteiger partial charge is 0.174 e. The third-order valence-corrected chi connectivity index (χ3v) is 1.38. The summed E-state index contributed by atoms with van der Waals surface area (Å²) in [5, 5.41) is 0. The summed E-state index contributed by atoms with van der Waals surface area (Å²) in [7, 11) is 0. The number of imidazole rings is 1. The van der Waals surface area contributed by atoms with E-state index in [1.54, 1.807) is 6.20 Å². The van der Waals surface area contributed by atoms with Crippen molar-refractivity contribution in [1.29, 1.82) is 0 Å². The molecule has 0 radical (unpaired) electrons. The number of aromatic nitrogens is 2. The lowest BCUT2D eigenvalue weighted by Crippen LogP contribution is -2.10. The van der Waals surface area contributed by atoms with Gasteiger partial charge in [0.05, 0.1) is 4.99 Å². The lowest BCUT2D eigenvalue weighted by Gasteiger charge is -1.90. The van der Waals surface area contributed by atoms with Gasteiger partial charge in [0.2, 0.25) is 0 Å². The SMILES string of the molecule is NC(=S)Cc1c[nH]c(=S)[nH]1. The van der Waals surface area contributed by atoms with Gasteiger partial charge in [0.25, 0.3) is 0 Å². The number of hydrogen-bond donors (Lipinski definition) is 3. The van der Waals surface area contributed by atoms with Crippen LogP contribution in [0, 0.1) is 4.77 Å². The van der Waals surface area contributed by atoms with E-state index in [0.717, 1.165) is 5.69 Å². The average molecular weight is 173 g/mol. The van der Waals surface area contributed by atoms with Crippen LogP contribution in [-0.4, -0.2) is 15.0 Å². The Balaban J connectivity index is 2.76. The minimum Gasteiger partial charge on any atom is -0.393 e. The zero-order valence-electron chi connectivity index (χ0n) is 5.18. The first-order valence-electron chi connectivity index (χ1n) is 2.73. The maximum absolute atomic E-state index is 5.30. The highest BCUT2D eigenvalue weighted by atomic mass is 32.1. The third-order valence-electron chi connectivity index (χ3n) is 1.02. The molecule has 0 aliphatic rings. The van der Waals surface area contributed by atoms with Crippen molar-refractivity contribution in [3.05, 3.63) is 16.7 Å².